The van der Waals surface area contributed by atoms with Crippen molar-refractivity contribution in [2.24, 2.45) is 0 Å². The topological polar surface area (TPSA) is 35.3 Å². The van der Waals surface area contributed by atoms with E-state index in [-0.39, 0.29) is 0 Å². The summed E-state index contributed by atoms with van der Waals surface area (Å²) in [6.07, 6.45) is 3.63. The predicted molar refractivity (Wildman–Crippen MR) is 149 cm³/mol. The molecule has 0 saturated carbocycles. The molecule has 1 heterocycles. The van der Waals surface area contributed by atoms with Crippen molar-refractivity contribution in [3.63, 3.8) is 0 Å². The zero-order valence-corrected chi connectivity index (χ0v) is 20.4. The second-order valence-corrected chi connectivity index (χ2v) is 8.93. The molecule has 0 aliphatic carbocycles. The van der Waals surface area contributed by atoms with Crippen LogP contribution in [0.15, 0.2) is 114 Å². The monoisotopic (exact) mass is 487 g/mol. The second-order valence-electron chi connectivity index (χ2n) is 8.52. The summed E-state index contributed by atoms with van der Waals surface area (Å²) in [6.45, 7) is 0. The third kappa shape index (κ3) is 3.94. The Morgan fingerprint density at radius 1 is 0.722 bits per heavy atom. The molecule has 0 fully saturated rings. The fraction of sp³-hybridized carbons (Fsp3) is 0.0312. The molecular formula is C32H22ClNO2. The van der Waals surface area contributed by atoms with Crippen LogP contribution in [-0.4, -0.2) is 12.1 Å². The van der Waals surface area contributed by atoms with Crippen LogP contribution in [0.25, 0.3) is 61.7 Å². The summed E-state index contributed by atoms with van der Waals surface area (Å²) in [7, 11) is 1.64. The highest BCUT2D eigenvalue weighted by molar-refractivity contribution is 6.36. The fourth-order valence-corrected chi connectivity index (χ4v) is 4.86. The summed E-state index contributed by atoms with van der Waals surface area (Å²) >= 11 is 6.55. The van der Waals surface area contributed by atoms with Gasteiger partial charge >= 0.3 is 0 Å². The van der Waals surface area contributed by atoms with E-state index in [0.29, 0.717) is 10.9 Å². The standard InChI is InChI=1S/C32H22ClNO2/c1-35-20-19-23-17-18-25-26(9-5-11-28(25)33)30(23)27-10-6-12-29-31(27)36-32(34-29)24-15-13-22(14-16-24)21-7-3-2-4-8-21/h2-20H,1H3/b20-19+. The summed E-state index contributed by atoms with van der Waals surface area (Å²) in [5, 5.41) is 2.73. The maximum absolute atomic E-state index is 6.55. The van der Waals surface area contributed by atoms with Gasteiger partial charge in [0.05, 0.1) is 13.4 Å². The average Bonchev–Trinajstić information content (AvgIpc) is 3.37. The first-order chi connectivity index (χ1) is 17.7. The summed E-state index contributed by atoms with van der Waals surface area (Å²) in [5.41, 5.74) is 7.77. The first-order valence-corrected chi connectivity index (χ1v) is 12.1. The molecule has 0 atom stereocenters. The van der Waals surface area contributed by atoms with Crippen LogP contribution >= 0.6 is 11.6 Å². The van der Waals surface area contributed by atoms with E-state index >= 15 is 0 Å². The third-order valence-corrected chi connectivity index (χ3v) is 6.68. The van der Waals surface area contributed by atoms with Gasteiger partial charge in [0.15, 0.2) is 5.58 Å². The van der Waals surface area contributed by atoms with Gasteiger partial charge in [-0.05, 0) is 52.4 Å². The number of aromatic nitrogens is 1. The van der Waals surface area contributed by atoms with Crippen LogP contribution in [0.5, 0.6) is 0 Å². The van der Waals surface area contributed by atoms with Crippen molar-refractivity contribution in [2.75, 3.05) is 7.11 Å². The van der Waals surface area contributed by atoms with Crippen LogP contribution in [0.2, 0.25) is 5.02 Å². The minimum atomic E-state index is 0.587. The van der Waals surface area contributed by atoms with Crippen LogP contribution in [0.1, 0.15) is 5.56 Å². The number of ether oxygens (including phenoxy) is 1. The Hall–Kier alpha value is -4.34. The molecular weight excluding hydrogens is 466 g/mol. The molecule has 4 heteroatoms. The Morgan fingerprint density at radius 2 is 1.47 bits per heavy atom. The molecule has 0 aliphatic rings. The van der Waals surface area contributed by atoms with Crippen molar-refractivity contribution in [2.45, 2.75) is 0 Å². The van der Waals surface area contributed by atoms with Gasteiger partial charge in [0.1, 0.15) is 5.52 Å². The highest BCUT2D eigenvalue weighted by atomic mass is 35.5. The van der Waals surface area contributed by atoms with E-state index in [1.54, 1.807) is 13.4 Å². The Kier molecular flexibility index (Phi) is 5.76. The lowest BCUT2D eigenvalue weighted by molar-refractivity contribution is 0.341. The van der Waals surface area contributed by atoms with E-state index in [0.717, 1.165) is 49.7 Å². The number of para-hydroxylation sites is 1. The van der Waals surface area contributed by atoms with Crippen molar-refractivity contribution in [3.8, 4) is 33.7 Å². The van der Waals surface area contributed by atoms with Gasteiger partial charge in [0, 0.05) is 27.1 Å². The zero-order valence-electron chi connectivity index (χ0n) is 19.6. The second kappa shape index (κ2) is 9.37. The van der Waals surface area contributed by atoms with E-state index in [1.807, 2.05) is 54.6 Å². The average molecular weight is 488 g/mol. The number of hydrogen-bond donors (Lipinski definition) is 0. The fourth-order valence-electron chi connectivity index (χ4n) is 4.62. The molecule has 0 radical (unpaired) electrons. The molecule has 6 rings (SSSR count). The number of benzene rings is 5. The van der Waals surface area contributed by atoms with Gasteiger partial charge in [-0.2, -0.15) is 0 Å². The number of rotatable bonds is 5. The Labute approximate surface area is 214 Å². The minimum absolute atomic E-state index is 0.587. The lowest BCUT2D eigenvalue weighted by Crippen LogP contribution is -1.88. The van der Waals surface area contributed by atoms with Crippen LogP contribution in [-0.2, 0) is 4.74 Å². The zero-order chi connectivity index (χ0) is 24.5. The van der Waals surface area contributed by atoms with Crippen LogP contribution in [0.4, 0.5) is 0 Å². The quantitative estimate of drug-likeness (QED) is 0.227. The smallest absolute Gasteiger partial charge is 0.227 e. The minimum Gasteiger partial charge on any atom is -0.504 e. The molecule has 6 aromatic rings. The van der Waals surface area contributed by atoms with Gasteiger partial charge in [-0.3, -0.25) is 0 Å². The molecule has 5 aromatic carbocycles. The largest absolute Gasteiger partial charge is 0.504 e. The van der Waals surface area contributed by atoms with Crippen molar-refractivity contribution in [1.82, 2.24) is 4.98 Å². The summed E-state index contributed by atoms with van der Waals surface area (Å²) < 4.78 is 11.6. The molecule has 0 spiro atoms. The number of fused-ring (bicyclic) bond motifs is 2. The van der Waals surface area contributed by atoms with E-state index in [2.05, 4.69) is 54.6 Å². The van der Waals surface area contributed by atoms with Crippen molar-refractivity contribution in [3.05, 3.63) is 120 Å². The van der Waals surface area contributed by atoms with Gasteiger partial charge in [-0.15, -0.1) is 0 Å². The summed E-state index contributed by atoms with van der Waals surface area (Å²) in [4.78, 5) is 4.83. The van der Waals surface area contributed by atoms with Crippen molar-refractivity contribution >= 4 is 39.5 Å². The van der Waals surface area contributed by atoms with Gasteiger partial charge in [-0.25, -0.2) is 4.98 Å². The number of hydrogen-bond acceptors (Lipinski definition) is 3. The molecule has 36 heavy (non-hydrogen) atoms. The lowest BCUT2D eigenvalue weighted by Gasteiger charge is -2.12. The molecule has 1 aromatic heterocycles. The van der Waals surface area contributed by atoms with Crippen molar-refractivity contribution < 1.29 is 9.15 Å². The number of methoxy groups -OCH3 is 1. The number of halogens is 1. The highest BCUT2D eigenvalue weighted by Gasteiger charge is 2.17. The van der Waals surface area contributed by atoms with Crippen LogP contribution in [0.3, 0.4) is 0 Å². The van der Waals surface area contributed by atoms with E-state index in [4.69, 9.17) is 25.7 Å². The summed E-state index contributed by atoms with van der Waals surface area (Å²) in [5.74, 6) is 0.587. The Morgan fingerprint density at radius 3 is 2.28 bits per heavy atom. The first-order valence-electron chi connectivity index (χ1n) is 11.7. The van der Waals surface area contributed by atoms with Gasteiger partial charge in [-0.1, -0.05) is 90.5 Å². The highest BCUT2D eigenvalue weighted by Crippen LogP contribution is 2.40. The van der Waals surface area contributed by atoms with E-state index in [1.165, 1.54) is 5.56 Å². The molecule has 0 amide bonds. The number of oxazole rings is 1. The van der Waals surface area contributed by atoms with E-state index in [9.17, 15) is 0 Å². The molecule has 0 saturated heterocycles. The first kappa shape index (κ1) is 22.1. The SMILES string of the molecule is CO/C=C/c1ccc2c(Cl)cccc2c1-c1cccc2nc(-c3ccc(-c4ccccc4)cc3)oc12. The maximum atomic E-state index is 6.55. The maximum Gasteiger partial charge on any atom is 0.227 e. The lowest BCUT2D eigenvalue weighted by atomic mass is 9.92. The summed E-state index contributed by atoms with van der Waals surface area (Å²) in [6, 6.07) is 34.7. The van der Waals surface area contributed by atoms with Gasteiger partial charge in [0.25, 0.3) is 0 Å². The molecule has 0 bridgehead atoms. The van der Waals surface area contributed by atoms with Crippen LogP contribution in [0, 0.1) is 0 Å². The van der Waals surface area contributed by atoms with Gasteiger partial charge in [0.2, 0.25) is 5.89 Å². The Balaban J connectivity index is 1.51. The molecule has 0 unspecified atom stereocenters. The molecule has 0 aliphatic heterocycles. The molecule has 0 N–H and O–H groups in total. The predicted octanol–water partition coefficient (Wildman–Crippen LogP) is 9.25. The normalized spacial score (nSPS) is 11.5. The van der Waals surface area contributed by atoms with Crippen molar-refractivity contribution in [1.29, 1.82) is 0 Å². The van der Waals surface area contributed by atoms with E-state index < -0.39 is 0 Å². The Bertz CT molecular complexity index is 1720. The molecule has 3 nitrogen and oxygen atoms in total. The van der Waals surface area contributed by atoms with Gasteiger partial charge < -0.3 is 9.15 Å². The molecule has 174 valence electrons. The third-order valence-electron chi connectivity index (χ3n) is 6.35. The van der Waals surface area contributed by atoms with Crippen LogP contribution < -0.4 is 0 Å². The number of nitrogens with zero attached hydrogens (tertiary/aromatic N) is 1.